The molecule has 122 valence electrons. The first-order chi connectivity index (χ1) is 11.2. The number of anilines is 1. The van der Waals surface area contributed by atoms with Crippen molar-refractivity contribution >= 4 is 11.8 Å². The van der Waals surface area contributed by atoms with Crippen LogP contribution in [0.4, 0.5) is 10.5 Å². The number of aryl methyl sites for hydroxylation is 1. The normalized spacial score (nSPS) is 10.0. The van der Waals surface area contributed by atoms with Crippen LogP contribution < -0.4 is 20.1 Å². The first kappa shape index (κ1) is 16.7. The highest BCUT2D eigenvalue weighted by Gasteiger charge is 2.03. The molecule has 0 aromatic heterocycles. The van der Waals surface area contributed by atoms with Crippen LogP contribution in [0.3, 0.4) is 0 Å². The second kappa shape index (κ2) is 8.68. The number of hydrogen-bond donors (Lipinski definition) is 2. The van der Waals surface area contributed by atoms with Crippen molar-refractivity contribution in [2.75, 3.05) is 25.0 Å². The molecule has 2 aromatic rings. The maximum Gasteiger partial charge on any atom is 0.412 e. The Labute approximate surface area is 136 Å². The maximum absolute atomic E-state index is 11.6. The van der Waals surface area contributed by atoms with Crippen molar-refractivity contribution in [2.45, 2.75) is 13.8 Å². The second-order valence-electron chi connectivity index (χ2n) is 5.01. The van der Waals surface area contributed by atoms with E-state index in [1.165, 1.54) is 0 Å². The van der Waals surface area contributed by atoms with Crippen LogP contribution in [-0.4, -0.2) is 25.8 Å². The van der Waals surface area contributed by atoms with Gasteiger partial charge in [-0.2, -0.15) is 0 Å². The van der Waals surface area contributed by atoms with Crippen molar-refractivity contribution in [3.05, 3.63) is 54.1 Å². The van der Waals surface area contributed by atoms with Gasteiger partial charge in [0.25, 0.3) is 0 Å². The molecule has 23 heavy (non-hydrogen) atoms. The van der Waals surface area contributed by atoms with E-state index in [1.54, 1.807) is 12.1 Å². The molecule has 2 N–H and O–H groups in total. The lowest BCUT2D eigenvalue weighted by Gasteiger charge is -2.09. The lowest BCUT2D eigenvalue weighted by Crippen LogP contribution is -2.31. The Balaban J connectivity index is 1.66. The highest BCUT2D eigenvalue weighted by Crippen LogP contribution is 2.15. The molecule has 0 aliphatic rings. The Morgan fingerprint density at radius 3 is 2.26 bits per heavy atom. The third kappa shape index (κ3) is 5.90. The van der Waals surface area contributed by atoms with E-state index in [0.29, 0.717) is 25.4 Å². The van der Waals surface area contributed by atoms with Crippen molar-refractivity contribution in [2.24, 2.45) is 0 Å². The quantitative estimate of drug-likeness (QED) is 0.767. The summed E-state index contributed by atoms with van der Waals surface area (Å²) in [5, 5.41) is 5.91. The van der Waals surface area contributed by atoms with Crippen molar-refractivity contribution in [3.63, 3.8) is 0 Å². The molecule has 0 saturated carbocycles. The van der Waals surface area contributed by atoms with E-state index >= 15 is 0 Å². The Bertz CT molecular complexity index is 609. The summed E-state index contributed by atoms with van der Waals surface area (Å²) in [6, 6.07) is 15.0. The summed E-state index contributed by atoms with van der Waals surface area (Å²) < 4.78 is 10.6. The standard InChI is InChI=1S/C18H22N2O3/c1-3-22-16-10-6-15(7-11-16)19-12-13-20-18(21)23-17-8-4-14(2)5-9-17/h4-11,19H,3,12-13H2,1-2H3,(H,20,21). The summed E-state index contributed by atoms with van der Waals surface area (Å²) in [6.45, 7) is 5.67. The molecule has 5 nitrogen and oxygen atoms in total. The minimum absolute atomic E-state index is 0.456. The fraction of sp³-hybridized carbons (Fsp3) is 0.278. The minimum atomic E-state index is -0.456. The van der Waals surface area contributed by atoms with Crippen molar-refractivity contribution in [3.8, 4) is 11.5 Å². The molecule has 2 aromatic carbocycles. The topological polar surface area (TPSA) is 59.6 Å². The molecule has 2 rings (SSSR count). The average Bonchev–Trinajstić information content (AvgIpc) is 2.55. The monoisotopic (exact) mass is 314 g/mol. The zero-order chi connectivity index (χ0) is 16.5. The van der Waals surface area contributed by atoms with E-state index in [2.05, 4.69) is 10.6 Å². The van der Waals surface area contributed by atoms with Crippen LogP contribution in [0.2, 0.25) is 0 Å². The molecule has 5 heteroatoms. The molecule has 0 fully saturated rings. The van der Waals surface area contributed by atoms with Gasteiger partial charge in [-0.05, 0) is 50.2 Å². The first-order valence-electron chi connectivity index (χ1n) is 7.66. The zero-order valence-electron chi connectivity index (χ0n) is 13.5. The summed E-state index contributed by atoms with van der Waals surface area (Å²) in [5.74, 6) is 1.38. The minimum Gasteiger partial charge on any atom is -0.494 e. The number of ether oxygens (including phenoxy) is 2. The van der Waals surface area contributed by atoms with Gasteiger partial charge >= 0.3 is 6.09 Å². The van der Waals surface area contributed by atoms with Crippen LogP contribution in [0.1, 0.15) is 12.5 Å². The van der Waals surface area contributed by atoms with E-state index in [4.69, 9.17) is 9.47 Å². The third-order valence-electron chi connectivity index (χ3n) is 3.12. The van der Waals surface area contributed by atoms with Crippen LogP contribution >= 0.6 is 0 Å². The van der Waals surface area contributed by atoms with E-state index in [0.717, 1.165) is 17.0 Å². The summed E-state index contributed by atoms with van der Waals surface area (Å²) in [7, 11) is 0. The molecule has 0 radical (unpaired) electrons. The molecule has 0 aliphatic heterocycles. The van der Waals surface area contributed by atoms with Gasteiger partial charge < -0.3 is 20.1 Å². The first-order valence-corrected chi connectivity index (χ1v) is 7.66. The number of hydrogen-bond acceptors (Lipinski definition) is 4. The maximum atomic E-state index is 11.6. The summed E-state index contributed by atoms with van der Waals surface area (Å²) in [5.41, 5.74) is 2.10. The smallest absolute Gasteiger partial charge is 0.412 e. The number of nitrogens with one attached hydrogen (secondary N) is 2. The van der Waals surface area contributed by atoms with Crippen LogP contribution in [-0.2, 0) is 0 Å². The number of carbonyl (C=O) groups is 1. The lowest BCUT2D eigenvalue weighted by molar-refractivity contribution is 0.201. The molecule has 0 aliphatic carbocycles. The highest BCUT2D eigenvalue weighted by molar-refractivity contribution is 5.70. The van der Waals surface area contributed by atoms with Gasteiger partial charge in [-0.15, -0.1) is 0 Å². The molecule has 0 heterocycles. The molecule has 0 unspecified atom stereocenters. The zero-order valence-corrected chi connectivity index (χ0v) is 13.5. The largest absolute Gasteiger partial charge is 0.494 e. The van der Waals surface area contributed by atoms with E-state index in [1.807, 2.05) is 50.2 Å². The number of amides is 1. The molecule has 1 amide bonds. The fourth-order valence-electron chi connectivity index (χ4n) is 1.96. The molecule has 0 spiro atoms. The van der Waals surface area contributed by atoms with Crippen LogP contribution in [0.5, 0.6) is 11.5 Å². The van der Waals surface area contributed by atoms with Crippen LogP contribution in [0.25, 0.3) is 0 Å². The predicted molar refractivity (Wildman–Crippen MR) is 91.3 cm³/mol. The molecular weight excluding hydrogens is 292 g/mol. The average molecular weight is 314 g/mol. The summed E-state index contributed by atoms with van der Waals surface area (Å²) >= 11 is 0. The Morgan fingerprint density at radius 2 is 1.61 bits per heavy atom. The summed E-state index contributed by atoms with van der Waals surface area (Å²) in [4.78, 5) is 11.6. The lowest BCUT2D eigenvalue weighted by atomic mass is 10.2. The van der Waals surface area contributed by atoms with E-state index in [9.17, 15) is 4.79 Å². The van der Waals surface area contributed by atoms with Crippen molar-refractivity contribution in [1.82, 2.24) is 5.32 Å². The van der Waals surface area contributed by atoms with Gasteiger partial charge in [0.2, 0.25) is 0 Å². The molecule has 0 bridgehead atoms. The predicted octanol–water partition coefficient (Wildman–Crippen LogP) is 3.59. The third-order valence-corrected chi connectivity index (χ3v) is 3.12. The number of benzene rings is 2. The SMILES string of the molecule is CCOc1ccc(NCCNC(=O)Oc2ccc(C)cc2)cc1. The van der Waals surface area contributed by atoms with Gasteiger partial charge in [0, 0.05) is 18.8 Å². The van der Waals surface area contributed by atoms with Gasteiger partial charge in [-0.1, -0.05) is 17.7 Å². The van der Waals surface area contributed by atoms with Gasteiger partial charge in [-0.3, -0.25) is 0 Å². The van der Waals surface area contributed by atoms with Crippen molar-refractivity contribution in [1.29, 1.82) is 0 Å². The van der Waals surface area contributed by atoms with Crippen LogP contribution in [0.15, 0.2) is 48.5 Å². The summed E-state index contributed by atoms with van der Waals surface area (Å²) in [6.07, 6.45) is -0.456. The molecular formula is C18H22N2O3. The fourth-order valence-corrected chi connectivity index (χ4v) is 1.96. The van der Waals surface area contributed by atoms with Gasteiger partial charge in [0.05, 0.1) is 6.61 Å². The number of rotatable bonds is 7. The van der Waals surface area contributed by atoms with Gasteiger partial charge in [0.1, 0.15) is 11.5 Å². The van der Waals surface area contributed by atoms with Gasteiger partial charge in [-0.25, -0.2) is 4.79 Å². The highest BCUT2D eigenvalue weighted by atomic mass is 16.6. The van der Waals surface area contributed by atoms with Crippen molar-refractivity contribution < 1.29 is 14.3 Å². The van der Waals surface area contributed by atoms with Crippen LogP contribution in [0, 0.1) is 6.92 Å². The number of carbonyl (C=O) groups excluding carboxylic acids is 1. The molecule has 0 atom stereocenters. The molecule has 0 saturated heterocycles. The second-order valence-corrected chi connectivity index (χ2v) is 5.01. The van der Waals surface area contributed by atoms with E-state index < -0.39 is 6.09 Å². The Hall–Kier alpha value is -2.69. The Kier molecular flexibility index (Phi) is 6.29. The van der Waals surface area contributed by atoms with E-state index in [-0.39, 0.29) is 0 Å². The van der Waals surface area contributed by atoms with Gasteiger partial charge in [0.15, 0.2) is 0 Å². The Morgan fingerprint density at radius 1 is 0.957 bits per heavy atom.